The van der Waals surface area contributed by atoms with Crippen LogP contribution in [0.4, 0.5) is 0 Å². The van der Waals surface area contributed by atoms with Crippen LogP contribution in [0.3, 0.4) is 0 Å². The van der Waals surface area contributed by atoms with Crippen molar-refractivity contribution in [2.75, 3.05) is 0 Å². The van der Waals surface area contributed by atoms with Crippen LogP contribution in [-0.4, -0.2) is 5.91 Å². The van der Waals surface area contributed by atoms with Crippen LogP contribution in [0.15, 0.2) is 6.07 Å². The van der Waals surface area contributed by atoms with Crippen LogP contribution in [0, 0.1) is 6.92 Å². The predicted molar refractivity (Wildman–Crippen MR) is 53.2 cm³/mol. The van der Waals surface area contributed by atoms with Gasteiger partial charge >= 0.3 is 0 Å². The third-order valence-electron chi connectivity index (χ3n) is 1.44. The zero-order valence-corrected chi connectivity index (χ0v) is 8.69. The molecule has 0 unspecified atom stereocenters. The van der Waals surface area contributed by atoms with Crippen molar-refractivity contribution < 1.29 is 9.36 Å². The predicted octanol–water partition coefficient (Wildman–Crippen LogP) is -0.109. The first-order valence-electron chi connectivity index (χ1n) is 3.40. The molecule has 7 heteroatoms. The van der Waals surface area contributed by atoms with E-state index in [1.165, 1.54) is 6.07 Å². The average molecular weight is 219 g/mol. The SMILES string of the molecule is Cc1cc(P(N)(N)=O)c(C(N)=O)s1. The van der Waals surface area contributed by atoms with Crippen molar-refractivity contribution >= 4 is 30.0 Å². The largest absolute Gasteiger partial charge is 0.365 e. The first kappa shape index (κ1) is 10.4. The topological polar surface area (TPSA) is 112 Å². The fraction of sp³-hybridized carbons (Fsp3) is 0.167. The van der Waals surface area contributed by atoms with E-state index in [9.17, 15) is 9.36 Å². The minimum absolute atomic E-state index is 0.169. The van der Waals surface area contributed by atoms with Gasteiger partial charge in [-0.3, -0.25) is 20.4 Å². The zero-order valence-electron chi connectivity index (χ0n) is 6.98. The Balaban J connectivity index is 3.36. The average Bonchev–Trinajstić information content (AvgIpc) is 2.29. The number of amides is 1. The van der Waals surface area contributed by atoms with Gasteiger partial charge in [-0.2, -0.15) is 0 Å². The summed E-state index contributed by atoms with van der Waals surface area (Å²) in [5, 5.41) is 0.169. The Labute approximate surface area is 79.4 Å². The second-order valence-corrected chi connectivity index (χ2v) is 5.80. The molecule has 1 heterocycles. The van der Waals surface area contributed by atoms with Gasteiger partial charge in [0.25, 0.3) is 5.91 Å². The van der Waals surface area contributed by atoms with Crippen molar-refractivity contribution in [2.24, 2.45) is 16.7 Å². The van der Waals surface area contributed by atoms with Crippen molar-refractivity contribution in [1.82, 2.24) is 0 Å². The van der Waals surface area contributed by atoms with Crippen LogP contribution in [0.25, 0.3) is 0 Å². The lowest BCUT2D eigenvalue weighted by Gasteiger charge is -2.04. The lowest BCUT2D eigenvalue weighted by Crippen LogP contribution is -2.25. The molecule has 1 amide bonds. The maximum Gasteiger partial charge on any atom is 0.259 e. The van der Waals surface area contributed by atoms with E-state index in [2.05, 4.69) is 0 Å². The number of hydrogen-bond donors (Lipinski definition) is 3. The molecule has 0 bridgehead atoms. The second kappa shape index (κ2) is 3.23. The van der Waals surface area contributed by atoms with Gasteiger partial charge in [-0.05, 0) is 13.0 Å². The van der Waals surface area contributed by atoms with Gasteiger partial charge < -0.3 is 5.73 Å². The van der Waals surface area contributed by atoms with Gasteiger partial charge in [-0.25, -0.2) is 0 Å². The van der Waals surface area contributed by atoms with Gasteiger partial charge in [-0.15, -0.1) is 11.3 Å². The molecule has 6 N–H and O–H groups in total. The molecular weight excluding hydrogens is 209 g/mol. The Hall–Kier alpha value is -0.680. The molecule has 0 spiro atoms. The molecule has 0 radical (unpaired) electrons. The smallest absolute Gasteiger partial charge is 0.259 e. The highest BCUT2D eigenvalue weighted by molar-refractivity contribution is 7.67. The molecule has 0 fully saturated rings. The highest BCUT2D eigenvalue weighted by Crippen LogP contribution is 2.30. The number of nitrogens with two attached hydrogens (primary N) is 3. The van der Waals surface area contributed by atoms with Gasteiger partial charge in [0.1, 0.15) is 4.88 Å². The summed E-state index contributed by atoms with van der Waals surface area (Å²) < 4.78 is 11.3. The van der Waals surface area contributed by atoms with Crippen LogP contribution in [-0.2, 0) is 4.57 Å². The standard InChI is InChI=1S/C6H10N3O2PS/c1-3-2-4(12(8,9)11)5(13-3)6(7)10/h2H,1H3,(H2,7,10)(H4,8,9,11). The van der Waals surface area contributed by atoms with Crippen LogP contribution >= 0.6 is 18.8 Å². The number of carbonyl (C=O) groups is 1. The van der Waals surface area contributed by atoms with E-state index < -0.39 is 13.4 Å². The first-order valence-corrected chi connectivity index (χ1v) is 6.06. The molecule has 5 nitrogen and oxygen atoms in total. The van der Waals surface area contributed by atoms with Crippen molar-refractivity contribution in [1.29, 1.82) is 0 Å². The van der Waals surface area contributed by atoms with Crippen molar-refractivity contribution in [3.8, 4) is 0 Å². The fourth-order valence-electron chi connectivity index (χ4n) is 0.937. The van der Waals surface area contributed by atoms with E-state index in [1.54, 1.807) is 6.92 Å². The lowest BCUT2D eigenvalue weighted by molar-refractivity contribution is 0.100. The maximum atomic E-state index is 11.3. The van der Waals surface area contributed by atoms with E-state index in [-0.39, 0.29) is 10.2 Å². The Morgan fingerprint density at radius 1 is 1.54 bits per heavy atom. The van der Waals surface area contributed by atoms with Gasteiger partial charge in [0.2, 0.25) is 7.44 Å². The summed E-state index contributed by atoms with van der Waals surface area (Å²) in [6.07, 6.45) is 0. The van der Waals surface area contributed by atoms with Crippen LogP contribution in [0.5, 0.6) is 0 Å². The summed E-state index contributed by atoms with van der Waals surface area (Å²) >= 11 is 1.14. The zero-order chi connectivity index (χ0) is 10.2. The van der Waals surface area contributed by atoms with Crippen LogP contribution in [0.1, 0.15) is 14.5 Å². The maximum absolute atomic E-state index is 11.3. The third kappa shape index (κ3) is 2.16. The van der Waals surface area contributed by atoms with E-state index in [1.807, 2.05) is 0 Å². The number of hydrogen-bond acceptors (Lipinski definition) is 3. The molecule has 0 aliphatic carbocycles. The number of carbonyl (C=O) groups excluding carboxylic acids is 1. The van der Waals surface area contributed by atoms with Gasteiger partial charge in [0.05, 0.1) is 5.30 Å². The summed E-state index contributed by atoms with van der Waals surface area (Å²) in [4.78, 5) is 11.9. The van der Waals surface area contributed by atoms with Crippen molar-refractivity contribution in [2.45, 2.75) is 6.92 Å². The molecule has 0 saturated carbocycles. The fourth-order valence-corrected chi connectivity index (χ4v) is 3.18. The Morgan fingerprint density at radius 2 is 2.08 bits per heavy atom. The van der Waals surface area contributed by atoms with Crippen LogP contribution in [0.2, 0.25) is 0 Å². The van der Waals surface area contributed by atoms with Crippen LogP contribution < -0.4 is 22.0 Å². The number of rotatable bonds is 2. The number of primary amides is 1. The van der Waals surface area contributed by atoms with Crippen molar-refractivity contribution in [3.05, 3.63) is 15.8 Å². The molecule has 1 aromatic rings. The van der Waals surface area contributed by atoms with E-state index in [0.717, 1.165) is 16.2 Å². The molecule has 0 atom stereocenters. The Morgan fingerprint density at radius 3 is 2.38 bits per heavy atom. The number of thiophene rings is 1. The van der Waals surface area contributed by atoms with Crippen molar-refractivity contribution in [3.63, 3.8) is 0 Å². The first-order chi connectivity index (χ1) is 5.82. The summed E-state index contributed by atoms with van der Waals surface area (Å²) in [5.74, 6) is -0.649. The van der Waals surface area contributed by atoms with Gasteiger partial charge in [-0.1, -0.05) is 0 Å². The quantitative estimate of drug-likeness (QED) is 0.602. The molecule has 72 valence electrons. The molecular formula is C6H10N3O2PS. The number of aryl methyl sites for hydroxylation is 1. The molecule has 0 aliphatic rings. The van der Waals surface area contributed by atoms with E-state index in [4.69, 9.17) is 16.7 Å². The summed E-state index contributed by atoms with van der Waals surface area (Å²) in [7, 11) is -3.38. The molecule has 1 aromatic heterocycles. The summed E-state index contributed by atoms with van der Waals surface area (Å²) in [5.41, 5.74) is 15.5. The normalized spacial score (nSPS) is 11.6. The van der Waals surface area contributed by atoms with Gasteiger partial charge in [0, 0.05) is 4.88 Å². The third-order valence-corrected chi connectivity index (χ3v) is 3.76. The highest BCUT2D eigenvalue weighted by atomic mass is 32.1. The second-order valence-electron chi connectivity index (χ2n) is 2.65. The lowest BCUT2D eigenvalue weighted by atomic mass is 10.4. The van der Waals surface area contributed by atoms with E-state index in [0.29, 0.717) is 0 Å². The summed E-state index contributed by atoms with van der Waals surface area (Å²) in [6.45, 7) is 1.76. The minimum Gasteiger partial charge on any atom is -0.365 e. The molecule has 0 saturated heterocycles. The molecule has 13 heavy (non-hydrogen) atoms. The summed E-state index contributed by atoms with van der Waals surface area (Å²) in [6, 6.07) is 1.53. The molecule has 1 rings (SSSR count). The Kier molecular flexibility index (Phi) is 2.58. The molecule has 0 aliphatic heterocycles. The molecule has 0 aromatic carbocycles. The highest BCUT2D eigenvalue weighted by Gasteiger charge is 2.22. The van der Waals surface area contributed by atoms with E-state index >= 15 is 0 Å². The Bertz CT molecular complexity index is 395. The van der Waals surface area contributed by atoms with Gasteiger partial charge in [0.15, 0.2) is 0 Å². The minimum atomic E-state index is -3.38. The monoisotopic (exact) mass is 219 g/mol.